The number of esters is 1. The van der Waals surface area contributed by atoms with Gasteiger partial charge in [0.05, 0.1) is 11.4 Å². The predicted molar refractivity (Wildman–Crippen MR) is 133 cm³/mol. The molecule has 0 bridgehead atoms. The van der Waals surface area contributed by atoms with Crippen molar-refractivity contribution in [3.63, 3.8) is 0 Å². The molecule has 0 saturated heterocycles. The molecule has 6 heteroatoms. The number of anilines is 1. The number of aromatic nitrogens is 2. The SMILES string of the molecule is CC[C@@H](C)c1ccccc1NC(=O)COC(=O)c1cc(-c2ccccc2)nn1-c1ccccc1. The number of hydrogen-bond donors (Lipinski definition) is 1. The summed E-state index contributed by atoms with van der Waals surface area (Å²) in [6.45, 7) is 3.82. The molecular formula is C28H27N3O3. The number of hydrogen-bond acceptors (Lipinski definition) is 4. The Kier molecular flexibility index (Phi) is 7.18. The molecule has 0 fully saturated rings. The molecule has 0 spiro atoms. The quantitative estimate of drug-likeness (QED) is 0.340. The van der Waals surface area contributed by atoms with E-state index >= 15 is 0 Å². The molecule has 1 aromatic heterocycles. The average Bonchev–Trinajstić information content (AvgIpc) is 3.34. The molecular weight excluding hydrogens is 426 g/mol. The molecule has 0 aliphatic carbocycles. The minimum absolute atomic E-state index is 0.248. The van der Waals surface area contributed by atoms with Gasteiger partial charge in [0.2, 0.25) is 0 Å². The third kappa shape index (κ3) is 5.23. The van der Waals surface area contributed by atoms with Crippen LogP contribution in [-0.2, 0) is 9.53 Å². The van der Waals surface area contributed by atoms with E-state index in [1.54, 1.807) is 10.7 Å². The lowest BCUT2D eigenvalue weighted by Gasteiger charge is -2.15. The minimum atomic E-state index is -0.621. The lowest BCUT2D eigenvalue weighted by atomic mass is 9.97. The van der Waals surface area contributed by atoms with Crippen LogP contribution in [0.2, 0.25) is 0 Å². The fourth-order valence-corrected chi connectivity index (χ4v) is 3.69. The second kappa shape index (κ2) is 10.6. The summed E-state index contributed by atoms with van der Waals surface area (Å²) in [5, 5.41) is 7.49. The Labute approximate surface area is 199 Å². The van der Waals surface area contributed by atoms with Gasteiger partial charge in [0.1, 0.15) is 0 Å². The van der Waals surface area contributed by atoms with Crippen LogP contribution in [0.3, 0.4) is 0 Å². The van der Waals surface area contributed by atoms with E-state index < -0.39 is 18.5 Å². The first kappa shape index (κ1) is 23.0. The molecule has 3 aromatic carbocycles. The topological polar surface area (TPSA) is 73.2 Å². The van der Waals surface area contributed by atoms with Crippen molar-refractivity contribution < 1.29 is 14.3 Å². The van der Waals surface area contributed by atoms with Gasteiger partial charge in [-0.1, -0.05) is 80.6 Å². The summed E-state index contributed by atoms with van der Waals surface area (Å²) >= 11 is 0. The van der Waals surface area contributed by atoms with Gasteiger partial charge in [-0.3, -0.25) is 4.79 Å². The number of amides is 1. The van der Waals surface area contributed by atoms with E-state index in [9.17, 15) is 9.59 Å². The van der Waals surface area contributed by atoms with Crippen molar-refractivity contribution in [3.8, 4) is 16.9 Å². The zero-order valence-corrected chi connectivity index (χ0v) is 19.3. The van der Waals surface area contributed by atoms with Crippen LogP contribution in [0.5, 0.6) is 0 Å². The van der Waals surface area contributed by atoms with Gasteiger partial charge in [0.25, 0.3) is 5.91 Å². The van der Waals surface area contributed by atoms with Crippen molar-refractivity contribution in [1.29, 1.82) is 0 Å². The molecule has 172 valence electrons. The maximum atomic E-state index is 13.0. The van der Waals surface area contributed by atoms with Gasteiger partial charge >= 0.3 is 5.97 Å². The van der Waals surface area contributed by atoms with Crippen LogP contribution in [-0.4, -0.2) is 28.3 Å². The molecule has 0 radical (unpaired) electrons. The van der Waals surface area contributed by atoms with E-state index in [-0.39, 0.29) is 5.69 Å². The van der Waals surface area contributed by atoms with Gasteiger partial charge in [-0.15, -0.1) is 0 Å². The summed E-state index contributed by atoms with van der Waals surface area (Å²) in [6.07, 6.45) is 0.953. The number of ether oxygens (including phenoxy) is 1. The van der Waals surface area contributed by atoms with Crippen LogP contribution in [0.1, 0.15) is 42.2 Å². The molecule has 1 heterocycles. The first-order valence-corrected chi connectivity index (χ1v) is 11.3. The maximum Gasteiger partial charge on any atom is 0.357 e. The zero-order chi connectivity index (χ0) is 23.9. The van der Waals surface area contributed by atoms with Crippen molar-refractivity contribution in [2.45, 2.75) is 26.2 Å². The molecule has 1 atom stereocenters. The maximum absolute atomic E-state index is 13.0. The van der Waals surface area contributed by atoms with E-state index in [1.807, 2.05) is 84.9 Å². The third-order valence-electron chi connectivity index (χ3n) is 5.70. The molecule has 4 aromatic rings. The number of para-hydroxylation sites is 2. The second-order valence-corrected chi connectivity index (χ2v) is 8.05. The normalized spacial score (nSPS) is 11.6. The molecule has 0 saturated carbocycles. The Morgan fingerprint density at radius 2 is 1.59 bits per heavy atom. The molecule has 6 nitrogen and oxygen atoms in total. The minimum Gasteiger partial charge on any atom is -0.451 e. The van der Waals surface area contributed by atoms with Crippen LogP contribution in [0.15, 0.2) is 91.0 Å². The van der Waals surface area contributed by atoms with Crippen molar-refractivity contribution in [2.24, 2.45) is 0 Å². The molecule has 1 N–H and O–H groups in total. The fourth-order valence-electron chi connectivity index (χ4n) is 3.69. The van der Waals surface area contributed by atoms with E-state index in [0.717, 1.165) is 28.9 Å². The van der Waals surface area contributed by atoms with Gasteiger partial charge in [0.15, 0.2) is 12.3 Å². The van der Waals surface area contributed by atoms with E-state index in [1.165, 1.54) is 0 Å². The van der Waals surface area contributed by atoms with Crippen molar-refractivity contribution in [3.05, 3.63) is 102 Å². The highest BCUT2D eigenvalue weighted by Crippen LogP contribution is 2.26. The highest BCUT2D eigenvalue weighted by molar-refractivity contribution is 5.96. The second-order valence-electron chi connectivity index (χ2n) is 8.05. The number of carbonyl (C=O) groups is 2. The Balaban J connectivity index is 1.52. The summed E-state index contributed by atoms with van der Waals surface area (Å²) in [4.78, 5) is 25.6. The molecule has 0 aliphatic rings. The average molecular weight is 454 g/mol. The van der Waals surface area contributed by atoms with Gasteiger partial charge in [-0.2, -0.15) is 5.10 Å². The lowest BCUT2D eigenvalue weighted by Crippen LogP contribution is -2.22. The number of rotatable bonds is 8. The van der Waals surface area contributed by atoms with Gasteiger partial charge in [-0.25, -0.2) is 9.48 Å². The molecule has 0 unspecified atom stereocenters. The lowest BCUT2D eigenvalue weighted by molar-refractivity contribution is -0.119. The molecule has 4 rings (SSSR count). The molecule has 0 aliphatic heterocycles. The first-order valence-electron chi connectivity index (χ1n) is 11.3. The van der Waals surface area contributed by atoms with E-state index in [0.29, 0.717) is 11.6 Å². The fraction of sp³-hybridized carbons (Fsp3) is 0.179. The highest BCUT2D eigenvalue weighted by Gasteiger charge is 2.20. The zero-order valence-electron chi connectivity index (χ0n) is 19.3. The highest BCUT2D eigenvalue weighted by atomic mass is 16.5. The Morgan fingerprint density at radius 1 is 0.941 bits per heavy atom. The van der Waals surface area contributed by atoms with Crippen LogP contribution in [0, 0.1) is 0 Å². The summed E-state index contributed by atoms with van der Waals surface area (Å²) in [6, 6.07) is 28.3. The van der Waals surface area contributed by atoms with Crippen molar-refractivity contribution in [2.75, 3.05) is 11.9 Å². The van der Waals surface area contributed by atoms with E-state index in [2.05, 4.69) is 24.3 Å². The predicted octanol–water partition coefficient (Wildman–Crippen LogP) is 5.85. The van der Waals surface area contributed by atoms with Crippen LogP contribution >= 0.6 is 0 Å². The van der Waals surface area contributed by atoms with Gasteiger partial charge in [0, 0.05) is 11.3 Å². The van der Waals surface area contributed by atoms with Gasteiger partial charge in [-0.05, 0) is 42.2 Å². The first-order chi connectivity index (χ1) is 16.6. The van der Waals surface area contributed by atoms with E-state index in [4.69, 9.17) is 4.74 Å². The van der Waals surface area contributed by atoms with Crippen LogP contribution < -0.4 is 5.32 Å². The number of nitrogens with zero attached hydrogens (tertiary/aromatic N) is 2. The summed E-state index contributed by atoms with van der Waals surface area (Å²) in [7, 11) is 0. The summed E-state index contributed by atoms with van der Waals surface area (Å²) in [5.41, 5.74) is 4.29. The summed E-state index contributed by atoms with van der Waals surface area (Å²) in [5.74, 6) is -0.710. The molecule has 1 amide bonds. The van der Waals surface area contributed by atoms with Crippen molar-refractivity contribution >= 4 is 17.6 Å². The number of carbonyl (C=O) groups excluding carboxylic acids is 2. The summed E-state index contributed by atoms with van der Waals surface area (Å²) < 4.78 is 6.93. The number of nitrogens with one attached hydrogen (secondary N) is 1. The monoisotopic (exact) mass is 453 g/mol. The largest absolute Gasteiger partial charge is 0.451 e. The number of benzene rings is 3. The van der Waals surface area contributed by atoms with Crippen LogP contribution in [0.4, 0.5) is 5.69 Å². The standard InChI is InChI=1S/C28H27N3O3/c1-3-20(2)23-16-10-11-17-24(23)29-27(32)19-34-28(33)26-18-25(21-12-6-4-7-13-21)30-31(26)22-14-8-5-9-15-22/h4-18,20H,3,19H2,1-2H3,(H,29,32)/t20-/m1/s1. The smallest absolute Gasteiger partial charge is 0.357 e. The van der Waals surface area contributed by atoms with Crippen molar-refractivity contribution in [1.82, 2.24) is 9.78 Å². The van der Waals surface area contributed by atoms with Gasteiger partial charge < -0.3 is 10.1 Å². The Morgan fingerprint density at radius 3 is 2.29 bits per heavy atom. The Bertz CT molecular complexity index is 1270. The molecule has 34 heavy (non-hydrogen) atoms. The third-order valence-corrected chi connectivity index (χ3v) is 5.70. The Hall–Kier alpha value is -4.19. The van der Waals surface area contributed by atoms with Crippen LogP contribution in [0.25, 0.3) is 16.9 Å².